The topological polar surface area (TPSA) is 65.2 Å². The average molecular weight is 266 g/mol. The van der Waals surface area contributed by atoms with Gasteiger partial charge in [-0.2, -0.15) is 0 Å². The van der Waals surface area contributed by atoms with Gasteiger partial charge in [-0.25, -0.2) is 0 Å². The van der Waals surface area contributed by atoms with Crippen molar-refractivity contribution in [1.29, 1.82) is 0 Å². The molecule has 2 N–H and O–H groups in total. The highest BCUT2D eigenvalue weighted by molar-refractivity contribution is 6.15. The maximum Gasteiger partial charge on any atom is 0.109 e. The molecule has 0 saturated heterocycles. The van der Waals surface area contributed by atoms with Crippen LogP contribution < -0.4 is 0 Å². The van der Waals surface area contributed by atoms with Crippen molar-refractivity contribution in [3.05, 3.63) is 83.9 Å². The predicted octanol–water partition coefficient (Wildman–Crippen LogP) is 3.30. The summed E-state index contributed by atoms with van der Waals surface area (Å²) in [6.45, 7) is 0. The molecular formula is C16H14N2O2. The van der Waals surface area contributed by atoms with Gasteiger partial charge in [0.1, 0.15) is 11.4 Å². The number of hydrogen-bond donors (Lipinski definition) is 2. The molecule has 4 nitrogen and oxygen atoms in total. The Kier molecular flexibility index (Phi) is 4.67. The van der Waals surface area contributed by atoms with Crippen molar-refractivity contribution in [2.45, 2.75) is 0 Å². The monoisotopic (exact) mass is 266 g/mol. The van der Waals surface area contributed by atoms with Crippen LogP contribution in [0.15, 0.2) is 83.1 Å². The quantitative estimate of drug-likeness (QED) is 0.506. The van der Waals surface area contributed by atoms with Gasteiger partial charge in [0.2, 0.25) is 0 Å². The molecule has 4 heteroatoms. The van der Waals surface area contributed by atoms with Crippen LogP contribution in [-0.4, -0.2) is 21.8 Å². The maximum absolute atomic E-state index is 9.07. The lowest BCUT2D eigenvalue weighted by molar-refractivity contribution is 0.319. The summed E-state index contributed by atoms with van der Waals surface area (Å²) < 4.78 is 0. The number of nitrogens with zero attached hydrogens (tertiary/aromatic N) is 2. The molecule has 0 atom stereocenters. The van der Waals surface area contributed by atoms with Crippen LogP contribution in [0, 0.1) is 0 Å². The van der Waals surface area contributed by atoms with E-state index in [4.69, 9.17) is 10.4 Å². The lowest BCUT2D eigenvalue weighted by Crippen LogP contribution is -2.00. The molecule has 0 aliphatic heterocycles. The fourth-order valence-corrected chi connectivity index (χ4v) is 1.75. The first kappa shape index (κ1) is 13.5. The first-order valence-corrected chi connectivity index (χ1v) is 6.08. The van der Waals surface area contributed by atoms with Crippen molar-refractivity contribution >= 4 is 11.4 Å². The van der Waals surface area contributed by atoms with Crippen LogP contribution in [0.1, 0.15) is 11.1 Å². The number of hydrogen-bond acceptors (Lipinski definition) is 4. The zero-order chi connectivity index (χ0) is 14.2. The van der Waals surface area contributed by atoms with E-state index in [9.17, 15) is 0 Å². The van der Waals surface area contributed by atoms with Gasteiger partial charge in [0.15, 0.2) is 0 Å². The van der Waals surface area contributed by atoms with E-state index in [1.54, 1.807) is 12.2 Å². The van der Waals surface area contributed by atoms with Gasteiger partial charge in [0.25, 0.3) is 0 Å². The van der Waals surface area contributed by atoms with E-state index in [1.807, 2.05) is 60.7 Å². The molecule has 0 heterocycles. The Morgan fingerprint density at radius 1 is 0.650 bits per heavy atom. The number of rotatable bonds is 4. The van der Waals surface area contributed by atoms with Gasteiger partial charge in [0, 0.05) is 11.1 Å². The highest BCUT2D eigenvalue weighted by Crippen LogP contribution is 2.06. The van der Waals surface area contributed by atoms with Crippen molar-refractivity contribution in [1.82, 2.24) is 0 Å². The third kappa shape index (κ3) is 3.32. The Morgan fingerprint density at radius 2 is 1.00 bits per heavy atom. The van der Waals surface area contributed by atoms with Crippen molar-refractivity contribution in [3.63, 3.8) is 0 Å². The van der Waals surface area contributed by atoms with Crippen LogP contribution >= 0.6 is 0 Å². The van der Waals surface area contributed by atoms with Crippen LogP contribution in [0.2, 0.25) is 0 Å². The fourth-order valence-electron chi connectivity index (χ4n) is 1.75. The Bertz CT molecular complexity index is 575. The SMILES string of the molecule is O/N=C(/C=C/C(=N\O)c1ccccc1)c1ccccc1. The zero-order valence-electron chi connectivity index (χ0n) is 10.7. The Hall–Kier alpha value is -2.88. The lowest BCUT2D eigenvalue weighted by atomic mass is 10.1. The molecule has 0 radical (unpaired) electrons. The Labute approximate surface area is 117 Å². The molecule has 0 saturated carbocycles. The van der Waals surface area contributed by atoms with E-state index in [0.717, 1.165) is 11.1 Å². The van der Waals surface area contributed by atoms with Gasteiger partial charge in [0.05, 0.1) is 0 Å². The van der Waals surface area contributed by atoms with Crippen LogP contribution in [0.5, 0.6) is 0 Å². The third-order valence-corrected chi connectivity index (χ3v) is 2.75. The van der Waals surface area contributed by atoms with E-state index in [1.165, 1.54) is 0 Å². The molecule has 0 spiro atoms. The molecule has 100 valence electrons. The van der Waals surface area contributed by atoms with E-state index in [2.05, 4.69) is 10.3 Å². The standard InChI is InChI=1S/C16H14N2O2/c19-17-15(13-7-3-1-4-8-13)11-12-16(18-20)14-9-5-2-6-10-14/h1-12,19-20H/b12-11+,17-15-,18-16+. The van der Waals surface area contributed by atoms with E-state index >= 15 is 0 Å². The van der Waals surface area contributed by atoms with Crippen molar-refractivity contribution < 1.29 is 10.4 Å². The molecule has 0 unspecified atom stereocenters. The molecule has 0 aliphatic rings. The number of benzene rings is 2. The molecule has 2 aromatic carbocycles. The van der Waals surface area contributed by atoms with Gasteiger partial charge in [-0.3, -0.25) is 0 Å². The summed E-state index contributed by atoms with van der Waals surface area (Å²) in [7, 11) is 0. The minimum atomic E-state index is 0.391. The molecule has 2 aromatic rings. The summed E-state index contributed by atoms with van der Waals surface area (Å²) in [5.41, 5.74) is 2.33. The Morgan fingerprint density at radius 3 is 1.30 bits per heavy atom. The molecule has 0 amide bonds. The second kappa shape index (κ2) is 6.89. The van der Waals surface area contributed by atoms with Gasteiger partial charge < -0.3 is 10.4 Å². The minimum absolute atomic E-state index is 0.391. The van der Waals surface area contributed by atoms with Gasteiger partial charge in [-0.1, -0.05) is 71.0 Å². The number of oxime groups is 2. The first-order chi connectivity index (χ1) is 9.85. The van der Waals surface area contributed by atoms with E-state index in [-0.39, 0.29) is 0 Å². The molecule has 2 rings (SSSR count). The van der Waals surface area contributed by atoms with Gasteiger partial charge in [-0.05, 0) is 12.2 Å². The zero-order valence-corrected chi connectivity index (χ0v) is 10.7. The molecule has 0 fully saturated rings. The van der Waals surface area contributed by atoms with Crippen LogP contribution in [-0.2, 0) is 0 Å². The second-order valence-electron chi connectivity index (χ2n) is 4.04. The molecule has 0 aromatic heterocycles. The van der Waals surface area contributed by atoms with Crippen molar-refractivity contribution in [2.75, 3.05) is 0 Å². The third-order valence-electron chi connectivity index (χ3n) is 2.75. The van der Waals surface area contributed by atoms with Crippen LogP contribution in [0.3, 0.4) is 0 Å². The highest BCUT2D eigenvalue weighted by Gasteiger charge is 2.02. The smallest absolute Gasteiger partial charge is 0.109 e. The van der Waals surface area contributed by atoms with E-state index in [0.29, 0.717) is 11.4 Å². The molecule has 20 heavy (non-hydrogen) atoms. The number of allylic oxidation sites excluding steroid dienone is 2. The summed E-state index contributed by atoms with van der Waals surface area (Å²) in [6, 6.07) is 18.5. The summed E-state index contributed by atoms with van der Waals surface area (Å²) >= 11 is 0. The maximum atomic E-state index is 9.07. The molecular weight excluding hydrogens is 252 g/mol. The highest BCUT2D eigenvalue weighted by atomic mass is 16.4. The van der Waals surface area contributed by atoms with E-state index < -0.39 is 0 Å². The second-order valence-corrected chi connectivity index (χ2v) is 4.04. The minimum Gasteiger partial charge on any atom is -0.410 e. The fraction of sp³-hybridized carbons (Fsp3) is 0. The largest absolute Gasteiger partial charge is 0.410 e. The van der Waals surface area contributed by atoms with Crippen molar-refractivity contribution in [2.24, 2.45) is 10.3 Å². The average Bonchev–Trinajstić information content (AvgIpc) is 2.53. The Balaban J connectivity index is 2.23. The van der Waals surface area contributed by atoms with Gasteiger partial charge >= 0.3 is 0 Å². The van der Waals surface area contributed by atoms with Crippen molar-refractivity contribution in [3.8, 4) is 0 Å². The van der Waals surface area contributed by atoms with Gasteiger partial charge in [-0.15, -0.1) is 0 Å². The first-order valence-electron chi connectivity index (χ1n) is 6.08. The molecule has 0 aliphatic carbocycles. The van der Waals surface area contributed by atoms with Crippen LogP contribution in [0.25, 0.3) is 0 Å². The predicted molar refractivity (Wildman–Crippen MR) is 78.7 cm³/mol. The molecule has 0 bridgehead atoms. The summed E-state index contributed by atoms with van der Waals surface area (Å²) in [6.07, 6.45) is 3.19. The summed E-state index contributed by atoms with van der Waals surface area (Å²) in [5.74, 6) is 0. The summed E-state index contributed by atoms with van der Waals surface area (Å²) in [5, 5.41) is 24.6. The lowest BCUT2D eigenvalue weighted by Gasteiger charge is -2.00. The normalized spacial score (nSPS) is 12.8. The summed E-state index contributed by atoms with van der Waals surface area (Å²) in [4.78, 5) is 0. The van der Waals surface area contributed by atoms with Crippen LogP contribution in [0.4, 0.5) is 0 Å².